The molecule has 0 unspecified atom stereocenters. The molecule has 1 N–H and O–H groups in total. The van der Waals surface area contributed by atoms with Crippen LogP contribution in [0.2, 0.25) is 0 Å². The van der Waals surface area contributed by atoms with Crippen molar-refractivity contribution in [2.24, 2.45) is 0 Å². The first-order chi connectivity index (χ1) is 7.93. The molecule has 94 valence electrons. The predicted molar refractivity (Wildman–Crippen MR) is 59.8 cm³/mol. The summed E-state index contributed by atoms with van der Waals surface area (Å²) in [5, 5.41) is 12.2. The molecule has 0 aromatic carbocycles. The Labute approximate surface area is 99.2 Å². The summed E-state index contributed by atoms with van der Waals surface area (Å²) in [4.78, 5) is 23.8. The fourth-order valence-electron chi connectivity index (χ4n) is 1.55. The van der Waals surface area contributed by atoms with E-state index in [1.807, 2.05) is 0 Å². The van der Waals surface area contributed by atoms with E-state index in [0.717, 1.165) is 0 Å². The molecule has 0 bridgehead atoms. The van der Waals surface area contributed by atoms with Gasteiger partial charge in [-0.15, -0.1) is 0 Å². The molecule has 1 aromatic heterocycles. The van der Waals surface area contributed by atoms with E-state index >= 15 is 0 Å². The van der Waals surface area contributed by atoms with E-state index in [4.69, 9.17) is 9.63 Å². The molecule has 0 spiro atoms. The van der Waals surface area contributed by atoms with Crippen molar-refractivity contribution >= 4 is 11.9 Å². The molecule has 0 aliphatic heterocycles. The molecule has 6 heteroatoms. The second-order valence-electron chi connectivity index (χ2n) is 3.92. The van der Waals surface area contributed by atoms with Crippen LogP contribution >= 0.6 is 0 Å². The molecule has 1 rings (SSSR count). The van der Waals surface area contributed by atoms with E-state index in [1.54, 1.807) is 20.9 Å². The van der Waals surface area contributed by atoms with Gasteiger partial charge in [-0.25, -0.2) is 0 Å². The van der Waals surface area contributed by atoms with Crippen molar-refractivity contribution in [2.45, 2.75) is 26.7 Å². The Morgan fingerprint density at radius 3 is 2.53 bits per heavy atom. The highest BCUT2D eigenvalue weighted by atomic mass is 16.5. The molecule has 0 atom stereocenters. The summed E-state index contributed by atoms with van der Waals surface area (Å²) in [5.74, 6) is -0.563. The Kier molecular flexibility index (Phi) is 4.25. The lowest BCUT2D eigenvalue weighted by Gasteiger charge is -2.16. The van der Waals surface area contributed by atoms with Gasteiger partial charge in [0.15, 0.2) is 0 Å². The number of aromatic nitrogens is 1. The summed E-state index contributed by atoms with van der Waals surface area (Å²) in [5.41, 5.74) is 1.01. The number of aryl methyl sites for hydroxylation is 2. The Hall–Kier alpha value is -1.85. The van der Waals surface area contributed by atoms with Gasteiger partial charge >= 0.3 is 5.97 Å². The first-order valence-corrected chi connectivity index (χ1v) is 5.33. The number of rotatable bonds is 5. The average Bonchev–Trinajstić information content (AvgIpc) is 2.57. The maximum atomic E-state index is 12.0. The molecule has 1 aromatic rings. The minimum absolute atomic E-state index is 0.0548. The van der Waals surface area contributed by atoms with Gasteiger partial charge < -0.3 is 14.5 Å². The van der Waals surface area contributed by atoms with E-state index in [9.17, 15) is 9.59 Å². The van der Waals surface area contributed by atoms with E-state index in [2.05, 4.69) is 5.16 Å². The van der Waals surface area contributed by atoms with Gasteiger partial charge in [0.05, 0.1) is 5.69 Å². The Balaban J connectivity index is 2.61. The lowest BCUT2D eigenvalue weighted by molar-refractivity contribution is -0.137. The van der Waals surface area contributed by atoms with Gasteiger partial charge in [0.1, 0.15) is 11.3 Å². The minimum atomic E-state index is -0.858. The van der Waals surface area contributed by atoms with Crippen molar-refractivity contribution < 1.29 is 19.2 Å². The van der Waals surface area contributed by atoms with Gasteiger partial charge in [0.25, 0.3) is 5.91 Å². The molecule has 17 heavy (non-hydrogen) atoms. The molecular formula is C11H16N2O4. The normalized spacial score (nSPS) is 10.3. The largest absolute Gasteiger partial charge is 0.481 e. The zero-order valence-electron chi connectivity index (χ0n) is 10.2. The number of hydrogen-bond donors (Lipinski definition) is 1. The smallest absolute Gasteiger partial charge is 0.303 e. The minimum Gasteiger partial charge on any atom is -0.481 e. The second-order valence-corrected chi connectivity index (χ2v) is 3.92. The first kappa shape index (κ1) is 13.2. The summed E-state index contributed by atoms with van der Waals surface area (Å²) in [6, 6.07) is 0. The van der Waals surface area contributed by atoms with Crippen molar-refractivity contribution in [1.29, 1.82) is 0 Å². The molecule has 1 amide bonds. The summed E-state index contributed by atoms with van der Waals surface area (Å²) >= 11 is 0. The fourth-order valence-corrected chi connectivity index (χ4v) is 1.55. The van der Waals surface area contributed by atoms with Crippen LogP contribution < -0.4 is 0 Å². The van der Waals surface area contributed by atoms with Crippen LogP contribution in [0.25, 0.3) is 0 Å². The maximum absolute atomic E-state index is 12.0. The van der Waals surface area contributed by atoms with Crippen molar-refractivity contribution in [3.63, 3.8) is 0 Å². The van der Waals surface area contributed by atoms with Gasteiger partial charge in [0, 0.05) is 20.0 Å². The molecule has 1 heterocycles. The third-order valence-electron chi connectivity index (χ3n) is 2.48. The zero-order chi connectivity index (χ0) is 13.0. The van der Waals surface area contributed by atoms with Crippen LogP contribution in [-0.4, -0.2) is 40.6 Å². The third-order valence-corrected chi connectivity index (χ3v) is 2.48. The van der Waals surface area contributed by atoms with Crippen LogP contribution in [0.1, 0.15) is 34.7 Å². The van der Waals surface area contributed by atoms with E-state index in [1.165, 1.54) is 4.90 Å². The summed E-state index contributed by atoms with van der Waals surface area (Å²) < 4.78 is 4.92. The van der Waals surface area contributed by atoms with Gasteiger partial charge in [-0.05, 0) is 20.3 Å². The highest BCUT2D eigenvalue weighted by Gasteiger charge is 2.20. The van der Waals surface area contributed by atoms with Crippen molar-refractivity contribution in [3.8, 4) is 0 Å². The standard InChI is InChI=1S/C11H16N2O4/c1-7-10(8(2)17-12-7)11(16)13(3)6-4-5-9(14)15/h4-6H2,1-3H3,(H,14,15). The van der Waals surface area contributed by atoms with Crippen LogP contribution in [0.15, 0.2) is 4.52 Å². The average molecular weight is 240 g/mol. The molecule has 0 saturated heterocycles. The van der Waals surface area contributed by atoms with Crippen molar-refractivity contribution in [3.05, 3.63) is 17.0 Å². The Morgan fingerprint density at radius 2 is 2.06 bits per heavy atom. The summed E-state index contributed by atoms with van der Waals surface area (Å²) in [6.07, 6.45) is 0.486. The number of carbonyl (C=O) groups is 2. The van der Waals surface area contributed by atoms with Gasteiger partial charge in [-0.1, -0.05) is 5.16 Å². The third kappa shape index (κ3) is 3.30. The lowest BCUT2D eigenvalue weighted by Crippen LogP contribution is -2.28. The van der Waals surface area contributed by atoms with Gasteiger partial charge in [-0.2, -0.15) is 0 Å². The molecule has 6 nitrogen and oxygen atoms in total. The molecule has 0 aliphatic rings. The summed E-state index contributed by atoms with van der Waals surface area (Å²) in [7, 11) is 1.63. The van der Waals surface area contributed by atoms with E-state index < -0.39 is 5.97 Å². The highest BCUT2D eigenvalue weighted by Crippen LogP contribution is 2.14. The van der Waals surface area contributed by atoms with Crippen LogP contribution in [0.4, 0.5) is 0 Å². The van der Waals surface area contributed by atoms with Crippen LogP contribution in [0.3, 0.4) is 0 Å². The molecule has 0 saturated carbocycles. The highest BCUT2D eigenvalue weighted by molar-refractivity contribution is 5.95. The first-order valence-electron chi connectivity index (χ1n) is 5.33. The number of carboxylic acid groups (broad SMARTS) is 1. The van der Waals surface area contributed by atoms with Gasteiger partial charge in [0.2, 0.25) is 0 Å². The zero-order valence-corrected chi connectivity index (χ0v) is 10.2. The summed E-state index contributed by atoms with van der Waals surface area (Å²) in [6.45, 7) is 3.78. The van der Waals surface area contributed by atoms with Crippen molar-refractivity contribution in [1.82, 2.24) is 10.1 Å². The van der Waals surface area contributed by atoms with Crippen LogP contribution in [-0.2, 0) is 4.79 Å². The quantitative estimate of drug-likeness (QED) is 0.836. The van der Waals surface area contributed by atoms with Gasteiger partial charge in [-0.3, -0.25) is 9.59 Å². The Morgan fingerprint density at radius 1 is 1.41 bits per heavy atom. The van der Waals surface area contributed by atoms with Crippen LogP contribution in [0, 0.1) is 13.8 Å². The number of carboxylic acids is 1. The number of amides is 1. The molecule has 0 radical (unpaired) electrons. The monoisotopic (exact) mass is 240 g/mol. The Bertz CT molecular complexity index is 406. The maximum Gasteiger partial charge on any atom is 0.303 e. The number of nitrogens with zero attached hydrogens (tertiary/aromatic N) is 2. The number of carbonyl (C=O) groups excluding carboxylic acids is 1. The van der Waals surface area contributed by atoms with E-state index in [0.29, 0.717) is 30.0 Å². The number of hydrogen-bond acceptors (Lipinski definition) is 4. The number of aliphatic carboxylic acids is 1. The fraction of sp³-hybridized carbons (Fsp3) is 0.545. The van der Waals surface area contributed by atoms with E-state index in [-0.39, 0.29) is 12.3 Å². The molecule has 0 fully saturated rings. The molecule has 0 aliphatic carbocycles. The lowest BCUT2D eigenvalue weighted by atomic mass is 10.1. The molecular weight excluding hydrogens is 224 g/mol. The van der Waals surface area contributed by atoms with Crippen molar-refractivity contribution in [2.75, 3.05) is 13.6 Å². The van der Waals surface area contributed by atoms with Crippen LogP contribution in [0.5, 0.6) is 0 Å². The second kappa shape index (κ2) is 5.47. The SMILES string of the molecule is Cc1noc(C)c1C(=O)N(C)CCCC(=O)O. The topological polar surface area (TPSA) is 83.6 Å². The predicted octanol–water partition coefficient (Wildman–Crippen LogP) is 1.23.